The van der Waals surface area contributed by atoms with E-state index in [1.54, 1.807) is 12.3 Å². The minimum absolute atomic E-state index is 0.323. The molecule has 0 aliphatic heterocycles. The summed E-state index contributed by atoms with van der Waals surface area (Å²) in [5, 5.41) is 19.5. The number of nitrogens with zero attached hydrogens (tertiary/aromatic N) is 1. The van der Waals surface area contributed by atoms with Crippen LogP contribution in [-0.2, 0) is 15.6 Å². The van der Waals surface area contributed by atoms with Gasteiger partial charge in [-0.25, -0.2) is 13.1 Å². The molecule has 2 fully saturated rings. The van der Waals surface area contributed by atoms with Crippen LogP contribution < -0.4 is 4.72 Å². The number of sulfonamides is 1. The molecule has 4 atom stereocenters. The number of aromatic nitrogens is 2. The van der Waals surface area contributed by atoms with Crippen LogP contribution in [-0.4, -0.2) is 36.5 Å². The fourth-order valence-electron chi connectivity index (χ4n) is 4.16. The van der Waals surface area contributed by atoms with Gasteiger partial charge in [-0.1, -0.05) is 11.6 Å². The van der Waals surface area contributed by atoms with Crippen molar-refractivity contribution < 1.29 is 13.5 Å². The molecule has 1 aromatic carbocycles. The van der Waals surface area contributed by atoms with Gasteiger partial charge < -0.3 is 5.11 Å². The molecule has 3 N–H and O–H groups in total. The molecule has 124 valence electrons. The Kier molecular flexibility index (Phi) is 3.29. The third kappa shape index (κ3) is 2.65. The van der Waals surface area contributed by atoms with Gasteiger partial charge in [0.15, 0.2) is 0 Å². The summed E-state index contributed by atoms with van der Waals surface area (Å²) in [5.74, 6) is 1.04. The van der Waals surface area contributed by atoms with Crippen LogP contribution in [0.5, 0.6) is 0 Å². The lowest BCUT2D eigenvalue weighted by Crippen LogP contribution is -2.29. The third-order valence-electron chi connectivity index (χ3n) is 5.26. The molecule has 1 heterocycles. The average Bonchev–Trinajstić information content (AvgIpc) is 2.82. The monoisotopic (exact) mass is 355 g/mol. The first-order valence-electron chi connectivity index (χ1n) is 7.57. The smallest absolute Gasteiger partial charge is 0.208 e. The Morgan fingerprint density at radius 2 is 2.13 bits per heavy atom. The van der Waals surface area contributed by atoms with Crippen molar-refractivity contribution in [2.24, 2.45) is 17.8 Å². The zero-order chi connectivity index (χ0) is 16.4. The van der Waals surface area contributed by atoms with E-state index in [1.165, 1.54) is 6.26 Å². The van der Waals surface area contributed by atoms with Crippen molar-refractivity contribution in [3.8, 4) is 0 Å². The number of aromatic amines is 1. The van der Waals surface area contributed by atoms with Gasteiger partial charge in [-0.15, -0.1) is 0 Å². The minimum atomic E-state index is -3.16. The first kappa shape index (κ1) is 15.4. The van der Waals surface area contributed by atoms with Crippen LogP contribution in [0.25, 0.3) is 10.9 Å². The molecule has 0 radical (unpaired) electrons. The lowest BCUT2D eigenvalue weighted by Gasteiger charge is -2.27. The largest absolute Gasteiger partial charge is 0.385 e. The molecular weight excluding hydrogens is 338 g/mol. The molecular formula is C15H18ClN3O3S. The maximum Gasteiger partial charge on any atom is 0.208 e. The molecule has 0 saturated heterocycles. The highest BCUT2D eigenvalue weighted by molar-refractivity contribution is 7.88. The van der Waals surface area contributed by atoms with Gasteiger partial charge in [0.05, 0.1) is 23.6 Å². The number of fused-ring (bicyclic) bond motifs is 2. The quantitative estimate of drug-likeness (QED) is 0.776. The topological polar surface area (TPSA) is 95.1 Å². The molecule has 2 saturated carbocycles. The lowest BCUT2D eigenvalue weighted by molar-refractivity contribution is 0.0277. The van der Waals surface area contributed by atoms with E-state index in [9.17, 15) is 13.5 Å². The van der Waals surface area contributed by atoms with Crippen molar-refractivity contribution in [1.29, 1.82) is 0 Å². The number of hydrogen-bond donors (Lipinski definition) is 3. The molecule has 2 aliphatic rings. The van der Waals surface area contributed by atoms with Crippen molar-refractivity contribution in [2.45, 2.75) is 18.4 Å². The van der Waals surface area contributed by atoms with Crippen molar-refractivity contribution in [3.05, 3.63) is 28.9 Å². The van der Waals surface area contributed by atoms with E-state index in [0.29, 0.717) is 42.2 Å². The second-order valence-electron chi connectivity index (χ2n) is 6.84. The van der Waals surface area contributed by atoms with Gasteiger partial charge in [-0.2, -0.15) is 5.10 Å². The van der Waals surface area contributed by atoms with Gasteiger partial charge in [0.25, 0.3) is 0 Å². The highest BCUT2D eigenvalue weighted by Crippen LogP contribution is 2.63. The molecule has 8 heteroatoms. The first-order chi connectivity index (χ1) is 10.8. The van der Waals surface area contributed by atoms with E-state index in [0.717, 1.165) is 16.5 Å². The minimum Gasteiger partial charge on any atom is -0.385 e. The molecule has 4 rings (SSSR count). The van der Waals surface area contributed by atoms with Gasteiger partial charge in [0, 0.05) is 17.0 Å². The number of halogens is 1. The second kappa shape index (κ2) is 4.92. The maximum absolute atomic E-state index is 11.2. The van der Waals surface area contributed by atoms with E-state index in [-0.39, 0.29) is 0 Å². The average molecular weight is 356 g/mol. The standard InChI is InChI=1S/C15H18ClN3O3S/c1-23(21,22)18-7-11-9-4-15(20,5-10(9)11)13-2-8(16)3-14-12(13)6-17-19-14/h2-3,6,9-11,18,20H,4-5,7H2,1H3,(H,17,19)/t9-,10+,11-,15-. The lowest BCUT2D eigenvalue weighted by atomic mass is 9.85. The summed E-state index contributed by atoms with van der Waals surface area (Å²) in [6, 6.07) is 3.61. The molecule has 0 unspecified atom stereocenters. The number of rotatable bonds is 4. The molecule has 1 aromatic heterocycles. The SMILES string of the molecule is CS(=O)(=O)NC[C@H]1[C@H]2C[C@@](O)(c3cc(Cl)cc4[nH]ncc34)C[C@@H]12. The molecule has 0 spiro atoms. The van der Waals surface area contributed by atoms with Crippen LogP contribution in [0.15, 0.2) is 18.3 Å². The number of nitrogens with one attached hydrogen (secondary N) is 2. The summed E-state index contributed by atoms with van der Waals surface area (Å²) < 4.78 is 25.0. The van der Waals surface area contributed by atoms with Crippen LogP contribution in [0.4, 0.5) is 0 Å². The van der Waals surface area contributed by atoms with E-state index in [2.05, 4.69) is 14.9 Å². The van der Waals surface area contributed by atoms with Gasteiger partial charge in [0.1, 0.15) is 0 Å². The molecule has 6 nitrogen and oxygen atoms in total. The van der Waals surface area contributed by atoms with Gasteiger partial charge in [-0.05, 0) is 48.3 Å². The Morgan fingerprint density at radius 3 is 2.78 bits per heavy atom. The second-order valence-corrected chi connectivity index (χ2v) is 9.11. The van der Waals surface area contributed by atoms with Crippen LogP contribution in [0, 0.1) is 17.8 Å². The maximum atomic E-state index is 11.2. The third-order valence-corrected chi connectivity index (χ3v) is 6.17. The fourth-order valence-corrected chi connectivity index (χ4v) is 4.88. The summed E-state index contributed by atoms with van der Waals surface area (Å²) >= 11 is 6.16. The van der Waals surface area contributed by atoms with Gasteiger partial charge in [-0.3, -0.25) is 5.10 Å². The van der Waals surface area contributed by atoms with Gasteiger partial charge >= 0.3 is 0 Å². The van der Waals surface area contributed by atoms with Gasteiger partial charge in [0.2, 0.25) is 10.0 Å². The van der Waals surface area contributed by atoms with Crippen molar-refractivity contribution >= 4 is 32.5 Å². The molecule has 2 aliphatic carbocycles. The van der Waals surface area contributed by atoms with Crippen molar-refractivity contribution in [1.82, 2.24) is 14.9 Å². The Bertz CT molecular complexity index is 867. The Labute approximate surface area is 139 Å². The Hall–Kier alpha value is -1.15. The predicted octanol–water partition coefficient (Wildman–Crippen LogP) is 1.61. The van der Waals surface area contributed by atoms with E-state index >= 15 is 0 Å². The number of aliphatic hydroxyl groups is 1. The molecule has 23 heavy (non-hydrogen) atoms. The number of hydrogen-bond acceptors (Lipinski definition) is 4. The molecule has 0 amide bonds. The van der Waals surface area contributed by atoms with Crippen LogP contribution in [0.2, 0.25) is 5.02 Å². The zero-order valence-electron chi connectivity index (χ0n) is 12.6. The Morgan fingerprint density at radius 1 is 1.43 bits per heavy atom. The van der Waals surface area contributed by atoms with E-state index < -0.39 is 15.6 Å². The summed E-state index contributed by atoms with van der Waals surface area (Å²) in [4.78, 5) is 0. The predicted molar refractivity (Wildman–Crippen MR) is 87.6 cm³/mol. The van der Waals surface area contributed by atoms with Crippen LogP contribution in [0.3, 0.4) is 0 Å². The zero-order valence-corrected chi connectivity index (χ0v) is 14.2. The summed E-state index contributed by atoms with van der Waals surface area (Å²) in [5.41, 5.74) is 0.719. The first-order valence-corrected chi connectivity index (χ1v) is 9.84. The van der Waals surface area contributed by atoms with E-state index in [4.69, 9.17) is 11.6 Å². The fraction of sp³-hybridized carbons (Fsp3) is 0.533. The summed E-state index contributed by atoms with van der Waals surface area (Å²) in [7, 11) is -3.16. The normalized spacial score (nSPS) is 33.1. The van der Waals surface area contributed by atoms with E-state index in [1.807, 2.05) is 6.07 Å². The van der Waals surface area contributed by atoms with Crippen molar-refractivity contribution in [3.63, 3.8) is 0 Å². The Balaban J connectivity index is 1.55. The summed E-state index contributed by atoms with van der Waals surface area (Å²) in [6.45, 7) is 0.459. The number of H-pyrrole nitrogens is 1. The highest BCUT2D eigenvalue weighted by atomic mass is 35.5. The molecule has 0 bridgehead atoms. The summed E-state index contributed by atoms with van der Waals surface area (Å²) in [6.07, 6.45) is 4.15. The van der Waals surface area contributed by atoms with Crippen molar-refractivity contribution in [2.75, 3.05) is 12.8 Å². The highest BCUT2D eigenvalue weighted by Gasteiger charge is 2.61. The molecule has 2 aromatic rings. The van der Waals surface area contributed by atoms with Crippen LogP contribution >= 0.6 is 11.6 Å². The van der Waals surface area contributed by atoms with Crippen LogP contribution in [0.1, 0.15) is 18.4 Å². The number of benzene rings is 1.